The van der Waals surface area contributed by atoms with Crippen molar-refractivity contribution in [2.24, 2.45) is 5.92 Å². The minimum absolute atomic E-state index is 0.0652. The molecule has 0 unspecified atom stereocenters. The van der Waals surface area contributed by atoms with E-state index in [1.165, 1.54) is 0 Å². The fraction of sp³-hybridized carbons (Fsp3) is 0.286. The Labute approximate surface area is 182 Å². The van der Waals surface area contributed by atoms with Crippen LogP contribution in [0.4, 0.5) is 11.4 Å². The molecule has 1 heterocycles. The van der Waals surface area contributed by atoms with Crippen molar-refractivity contribution in [3.05, 3.63) is 57.0 Å². The molecular formula is C21H20BrClN2O4. The summed E-state index contributed by atoms with van der Waals surface area (Å²) in [5.74, 6) is -1.77. The Balaban J connectivity index is 1.54. The minimum Gasteiger partial charge on any atom is -0.455 e. The van der Waals surface area contributed by atoms with E-state index in [1.807, 2.05) is 31.2 Å². The number of anilines is 2. The maximum absolute atomic E-state index is 12.3. The number of esters is 1. The lowest BCUT2D eigenvalue weighted by atomic mass is 10.1. The van der Waals surface area contributed by atoms with Crippen LogP contribution in [0.25, 0.3) is 0 Å². The summed E-state index contributed by atoms with van der Waals surface area (Å²) in [5.41, 5.74) is 3.08. The van der Waals surface area contributed by atoms with Crippen molar-refractivity contribution < 1.29 is 19.1 Å². The van der Waals surface area contributed by atoms with Gasteiger partial charge in [-0.3, -0.25) is 14.4 Å². The van der Waals surface area contributed by atoms with Crippen LogP contribution in [0.5, 0.6) is 0 Å². The summed E-state index contributed by atoms with van der Waals surface area (Å²) < 4.78 is 5.86. The summed E-state index contributed by atoms with van der Waals surface area (Å²) in [4.78, 5) is 38.3. The zero-order valence-electron chi connectivity index (χ0n) is 16.0. The Kier molecular flexibility index (Phi) is 6.59. The highest BCUT2D eigenvalue weighted by molar-refractivity contribution is 9.10. The van der Waals surface area contributed by atoms with Gasteiger partial charge in [-0.15, -0.1) is 0 Å². The van der Waals surface area contributed by atoms with E-state index in [-0.39, 0.29) is 18.9 Å². The molecular weight excluding hydrogens is 460 g/mol. The van der Waals surface area contributed by atoms with Crippen molar-refractivity contribution in [3.8, 4) is 0 Å². The highest BCUT2D eigenvalue weighted by Gasteiger charge is 2.36. The number of benzene rings is 2. The highest BCUT2D eigenvalue weighted by atomic mass is 79.9. The molecule has 1 saturated heterocycles. The van der Waals surface area contributed by atoms with E-state index in [0.29, 0.717) is 16.3 Å². The molecule has 3 rings (SSSR count). The topological polar surface area (TPSA) is 75.7 Å². The standard InChI is InChI=1S/C21H20BrClN2O4/c1-12-3-5-15(6-4-12)25-10-14(9-19(25)27)21(28)29-11-18(26)24-17-8-7-16(22)20(23)13(17)2/h3-8,14H,9-11H2,1-2H3,(H,24,26)/t14-/m1/s1. The van der Waals surface area contributed by atoms with Crippen LogP contribution in [0.2, 0.25) is 5.02 Å². The second kappa shape index (κ2) is 8.97. The average Bonchev–Trinajstić information content (AvgIpc) is 3.09. The Morgan fingerprint density at radius 1 is 1.21 bits per heavy atom. The van der Waals surface area contributed by atoms with E-state index < -0.39 is 24.4 Å². The molecule has 0 aromatic heterocycles. The predicted octanol–water partition coefficient (Wildman–Crippen LogP) is 4.25. The fourth-order valence-corrected chi connectivity index (χ4v) is 3.66. The molecule has 2 amide bonds. The number of hydrogen-bond acceptors (Lipinski definition) is 4. The third-order valence-electron chi connectivity index (χ3n) is 4.76. The van der Waals surface area contributed by atoms with Crippen LogP contribution in [0, 0.1) is 19.8 Å². The van der Waals surface area contributed by atoms with Gasteiger partial charge in [-0.2, -0.15) is 0 Å². The van der Waals surface area contributed by atoms with Crippen molar-refractivity contribution >= 4 is 56.7 Å². The van der Waals surface area contributed by atoms with Crippen molar-refractivity contribution in [1.82, 2.24) is 0 Å². The molecule has 1 aliphatic heterocycles. The molecule has 29 heavy (non-hydrogen) atoms. The van der Waals surface area contributed by atoms with Gasteiger partial charge in [-0.25, -0.2) is 0 Å². The number of halogens is 2. The first-order chi connectivity index (χ1) is 13.8. The molecule has 1 aliphatic rings. The van der Waals surface area contributed by atoms with Crippen LogP contribution in [0.3, 0.4) is 0 Å². The van der Waals surface area contributed by atoms with E-state index >= 15 is 0 Å². The van der Waals surface area contributed by atoms with Gasteiger partial charge in [0.05, 0.1) is 10.9 Å². The monoisotopic (exact) mass is 478 g/mol. The van der Waals surface area contributed by atoms with E-state index in [0.717, 1.165) is 15.7 Å². The first kappa shape index (κ1) is 21.3. The van der Waals surface area contributed by atoms with Gasteiger partial charge in [-0.1, -0.05) is 29.3 Å². The SMILES string of the molecule is Cc1ccc(N2C[C@H](C(=O)OCC(=O)Nc3ccc(Br)c(Cl)c3C)CC2=O)cc1. The van der Waals surface area contributed by atoms with Gasteiger partial charge in [0.2, 0.25) is 5.91 Å². The van der Waals surface area contributed by atoms with Crippen molar-refractivity contribution in [3.63, 3.8) is 0 Å². The van der Waals surface area contributed by atoms with Gasteiger partial charge < -0.3 is 15.0 Å². The maximum Gasteiger partial charge on any atom is 0.311 e. The molecule has 2 aromatic carbocycles. The molecule has 2 aromatic rings. The largest absolute Gasteiger partial charge is 0.455 e. The third kappa shape index (κ3) is 4.97. The Morgan fingerprint density at radius 2 is 1.90 bits per heavy atom. The Hall–Kier alpha value is -2.38. The smallest absolute Gasteiger partial charge is 0.311 e. The van der Waals surface area contributed by atoms with Gasteiger partial charge in [0.15, 0.2) is 6.61 Å². The number of ether oxygens (including phenoxy) is 1. The number of nitrogens with zero attached hydrogens (tertiary/aromatic N) is 1. The van der Waals surface area contributed by atoms with Crippen molar-refractivity contribution in [2.75, 3.05) is 23.4 Å². The molecule has 1 fully saturated rings. The second-order valence-corrected chi connectivity index (χ2v) is 8.16. The van der Waals surface area contributed by atoms with Crippen LogP contribution in [-0.4, -0.2) is 30.9 Å². The number of nitrogens with one attached hydrogen (secondary N) is 1. The van der Waals surface area contributed by atoms with Crippen LogP contribution in [-0.2, 0) is 19.1 Å². The Morgan fingerprint density at radius 3 is 2.59 bits per heavy atom. The minimum atomic E-state index is -0.597. The summed E-state index contributed by atoms with van der Waals surface area (Å²) in [7, 11) is 0. The molecule has 0 radical (unpaired) electrons. The molecule has 0 bridgehead atoms. The molecule has 1 N–H and O–H groups in total. The van der Waals surface area contributed by atoms with Crippen LogP contribution < -0.4 is 10.2 Å². The number of carbonyl (C=O) groups excluding carboxylic acids is 3. The molecule has 0 saturated carbocycles. The number of amides is 2. The highest BCUT2D eigenvalue weighted by Crippen LogP contribution is 2.31. The van der Waals surface area contributed by atoms with Crippen molar-refractivity contribution in [1.29, 1.82) is 0 Å². The third-order valence-corrected chi connectivity index (χ3v) is 6.14. The van der Waals surface area contributed by atoms with Gasteiger partial charge in [0, 0.05) is 28.8 Å². The normalized spacial score (nSPS) is 16.1. The lowest BCUT2D eigenvalue weighted by Crippen LogP contribution is -2.28. The summed E-state index contributed by atoms with van der Waals surface area (Å²) >= 11 is 9.46. The lowest BCUT2D eigenvalue weighted by Gasteiger charge is -2.16. The molecule has 0 spiro atoms. The van der Waals surface area contributed by atoms with Crippen molar-refractivity contribution in [2.45, 2.75) is 20.3 Å². The predicted molar refractivity (Wildman–Crippen MR) is 115 cm³/mol. The van der Waals surface area contributed by atoms with Gasteiger partial charge in [0.1, 0.15) is 0 Å². The molecule has 0 aliphatic carbocycles. The molecule has 152 valence electrons. The first-order valence-electron chi connectivity index (χ1n) is 9.04. The average molecular weight is 480 g/mol. The quantitative estimate of drug-likeness (QED) is 0.651. The summed E-state index contributed by atoms with van der Waals surface area (Å²) in [5, 5.41) is 3.17. The van der Waals surface area contributed by atoms with Gasteiger partial charge >= 0.3 is 5.97 Å². The number of carbonyl (C=O) groups is 3. The number of rotatable bonds is 5. The van der Waals surface area contributed by atoms with E-state index in [4.69, 9.17) is 16.3 Å². The summed E-state index contributed by atoms with van der Waals surface area (Å²) in [6.07, 6.45) is 0.0652. The van der Waals surface area contributed by atoms with E-state index in [9.17, 15) is 14.4 Å². The number of hydrogen-bond donors (Lipinski definition) is 1. The molecule has 1 atom stereocenters. The van der Waals surface area contributed by atoms with Gasteiger partial charge in [0.25, 0.3) is 5.91 Å². The fourth-order valence-electron chi connectivity index (χ4n) is 3.07. The second-order valence-electron chi connectivity index (χ2n) is 6.93. The van der Waals surface area contributed by atoms with E-state index in [2.05, 4.69) is 21.2 Å². The van der Waals surface area contributed by atoms with Crippen LogP contribution in [0.15, 0.2) is 40.9 Å². The molecule has 6 nitrogen and oxygen atoms in total. The van der Waals surface area contributed by atoms with Crippen LogP contribution >= 0.6 is 27.5 Å². The summed E-state index contributed by atoms with van der Waals surface area (Å²) in [6, 6.07) is 10.9. The zero-order valence-corrected chi connectivity index (χ0v) is 18.3. The Bertz CT molecular complexity index is 962. The van der Waals surface area contributed by atoms with Gasteiger partial charge in [-0.05, 0) is 59.6 Å². The maximum atomic E-state index is 12.3. The zero-order chi connectivity index (χ0) is 21.1. The first-order valence-corrected chi connectivity index (χ1v) is 10.2. The molecule has 8 heteroatoms. The number of aryl methyl sites for hydroxylation is 1. The summed E-state index contributed by atoms with van der Waals surface area (Å²) in [6.45, 7) is 3.55. The van der Waals surface area contributed by atoms with Crippen LogP contribution in [0.1, 0.15) is 17.5 Å². The lowest BCUT2D eigenvalue weighted by molar-refractivity contribution is -0.151. The van der Waals surface area contributed by atoms with E-state index in [1.54, 1.807) is 24.0 Å².